The van der Waals surface area contributed by atoms with Crippen molar-refractivity contribution in [2.45, 2.75) is 26.0 Å². The van der Waals surface area contributed by atoms with Gasteiger partial charge in [0.05, 0.1) is 30.6 Å². The lowest BCUT2D eigenvalue weighted by Crippen LogP contribution is -2.49. The standard InChI is InChI=1S/C18H21N3O2/c1-14-13-23-15(2)11-20(14)18(22)9-8-16-10-19-21(12-16)17-6-4-3-5-7-17/h3-10,12,14-15H,11,13H2,1-2H3/b9-8+. The Kier molecular flexibility index (Phi) is 4.57. The van der Waals surface area contributed by atoms with Gasteiger partial charge in [0.15, 0.2) is 0 Å². The van der Waals surface area contributed by atoms with Gasteiger partial charge in [0.25, 0.3) is 0 Å². The van der Waals surface area contributed by atoms with Crippen molar-refractivity contribution in [3.05, 3.63) is 54.4 Å². The van der Waals surface area contributed by atoms with Gasteiger partial charge >= 0.3 is 0 Å². The van der Waals surface area contributed by atoms with Crippen molar-refractivity contribution in [1.82, 2.24) is 14.7 Å². The zero-order valence-corrected chi connectivity index (χ0v) is 13.4. The maximum atomic E-state index is 12.4. The van der Waals surface area contributed by atoms with Crippen LogP contribution in [0.3, 0.4) is 0 Å². The van der Waals surface area contributed by atoms with E-state index in [-0.39, 0.29) is 18.1 Å². The highest BCUT2D eigenvalue weighted by Gasteiger charge is 2.25. The Morgan fingerprint density at radius 3 is 2.87 bits per heavy atom. The molecule has 2 unspecified atom stereocenters. The fraction of sp³-hybridized carbons (Fsp3) is 0.333. The van der Waals surface area contributed by atoms with Crippen LogP contribution in [-0.4, -0.2) is 45.9 Å². The fourth-order valence-electron chi connectivity index (χ4n) is 2.62. The molecule has 1 amide bonds. The zero-order chi connectivity index (χ0) is 16.2. The van der Waals surface area contributed by atoms with E-state index in [0.717, 1.165) is 11.3 Å². The average molecular weight is 311 g/mol. The number of hydrogen-bond donors (Lipinski definition) is 0. The van der Waals surface area contributed by atoms with Gasteiger partial charge in [0.1, 0.15) is 0 Å². The number of amides is 1. The minimum absolute atomic E-state index is 0.0140. The fourth-order valence-corrected chi connectivity index (χ4v) is 2.62. The second kappa shape index (κ2) is 6.79. The van der Waals surface area contributed by atoms with Crippen molar-refractivity contribution in [2.24, 2.45) is 0 Å². The van der Waals surface area contributed by atoms with Crippen LogP contribution >= 0.6 is 0 Å². The predicted octanol–water partition coefficient (Wildman–Crippen LogP) is 2.52. The lowest BCUT2D eigenvalue weighted by atomic mass is 10.2. The predicted molar refractivity (Wildman–Crippen MR) is 89.2 cm³/mol. The molecule has 1 aromatic carbocycles. The first-order valence-electron chi connectivity index (χ1n) is 7.84. The van der Waals surface area contributed by atoms with Gasteiger partial charge in [-0.15, -0.1) is 0 Å². The number of carbonyl (C=O) groups excluding carboxylic acids is 1. The van der Waals surface area contributed by atoms with Gasteiger partial charge in [0, 0.05) is 24.4 Å². The SMILES string of the molecule is CC1CN(C(=O)/C=C/c2cnn(-c3ccccc3)c2)C(C)CO1. The Labute approximate surface area is 136 Å². The van der Waals surface area contributed by atoms with Crippen molar-refractivity contribution in [1.29, 1.82) is 0 Å². The first-order chi connectivity index (χ1) is 11.1. The van der Waals surface area contributed by atoms with Crippen LogP contribution < -0.4 is 0 Å². The Morgan fingerprint density at radius 1 is 1.30 bits per heavy atom. The summed E-state index contributed by atoms with van der Waals surface area (Å²) in [5, 5.41) is 4.32. The summed E-state index contributed by atoms with van der Waals surface area (Å²) in [6.07, 6.45) is 7.17. The molecule has 2 aromatic rings. The molecule has 1 aromatic heterocycles. The Hall–Kier alpha value is -2.40. The van der Waals surface area contributed by atoms with Gasteiger partial charge in [-0.3, -0.25) is 4.79 Å². The van der Waals surface area contributed by atoms with Crippen molar-refractivity contribution in [3.63, 3.8) is 0 Å². The van der Waals surface area contributed by atoms with E-state index >= 15 is 0 Å². The minimum Gasteiger partial charge on any atom is -0.375 e. The van der Waals surface area contributed by atoms with E-state index in [1.54, 1.807) is 17.0 Å². The zero-order valence-electron chi connectivity index (χ0n) is 13.4. The molecule has 0 saturated carbocycles. The number of benzene rings is 1. The number of carbonyl (C=O) groups is 1. The monoisotopic (exact) mass is 311 g/mol. The summed E-state index contributed by atoms with van der Waals surface area (Å²) in [4.78, 5) is 14.2. The van der Waals surface area contributed by atoms with Crippen LogP contribution in [0, 0.1) is 0 Å². The molecule has 5 heteroatoms. The lowest BCUT2D eigenvalue weighted by Gasteiger charge is -2.36. The summed E-state index contributed by atoms with van der Waals surface area (Å²) in [6.45, 7) is 5.21. The Morgan fingerprint density at radius 2 is 2.09 bits per heavy atom. The molecule has 1 aliphatic rings. The molecule has 0 N–H and O–H groups in total. The minimum atomic E-state index is 0.0140. The molecule has 5 nitrogen and oxygen atoms in total. The number of rotatable bonds is 3. The van der Waals surface area contributed by atoms with Crippen LogP contribution in [0.5, 0.6) is 0 Å². The first kappa shape index (κ1) is 15.5. The number of ether oxygens (including phenoxy) is 1. The second-order valence-corrected chi connectivity index (χ2v) is 5.87. The third-order valence-corrected chi connectivity index (χ3v) is 3.93. The average Bonchev–Trinajstić information content (AvgIpc) is 3.05. The molecule has 23 heavy (non-hydrogen) atoms. The molecule has 2 heterocycles. The topological polar surface area (TPSA) is 47.4 Å². The van der Waals surface area contributed by atoms with Gasteiger partial charge in [-0.2, -0.15) is 5.10 Å². The molecule has 0 radical (unpaired) electrons. The van der Waals surface area contributed by atoms with E-state index < -0.39 is 0 Å². The summed E-state index contributed by atoms with van der Waals surface area (Å²) in [6, 6.07) is 9.99. The Bertz CT molecular complexity index is 693. The van der Waals surface area contributed by atoms with E-state index in [1.807, 2.05) is 61.4 Å². The van der Waals surface area contributed by atoms with E-state index in [9.17, 15) is 4.79 Å². The first-order valence-corrected chi connectivity index (χ1v) is 7.84. The molecular weight excluding hydrogens is 290 g/mol. The van der Waals surface area contributed by atoms with Gasteiger partial charge in [0.2, 0.25) is 5.91 Å². The van der Waals surface area contributed by atoms with Crippen LogP contribution in [0.1, 0.15) is 19.4 Å². The quantitative estimate of drug-likeness (QED) is 0.818. The summed E-state index contributed by atoms with van der Waals surface area (Å²) in [7, 11) is 0. The number of hydrogen-bond acceptors (Lipinski definition) is 3. The molecule has 3 rings (SSSR count). The molecule has 2 atom stereocenters. The van der Waals surface area contributed by atoms with Crippen LogP contribution in [-0.2, 0) is 9.53 Å². The summed E-state index contributed by atoms with van der Waals surface area (Å²) in [5.74, 6) is 0.0140. The highest BCUT2D eigenvalue weighted by Crippen LogP contribution is 2.13. The number of aromatic nitrogens is 2. The number of morpholine rings is 1. The maximum Gasteiger partial charge on any atom is 0.246 e. The maximum absolute atomic E-state index is 12.4. The Balaban J connectivity index is 1.68. The molecule has 0 aliphatic carbocycles. The number of para-hydroxylation sites is 1. The molecule has 1 fully saturated rings. The van der Waals surface area contributed by atoms with Gasteiger partial charge < -0.3 is 9.64 Å². The van der Waals surface area contributed by atoms with Crippen molar-refractivity contribution in [3.8, 4) is 5.69 Å². The largest absolute Gasteiger partial charge is 0.375 e. The van der Waals surface area contributed by atoms with Crippen molar-refractivity contribution >= 4 is 12.0 Å². The molecule has 0 bridgehead atoms. The van der Waals surface area contributed by atoms with Crippen molar-refractivity contribution < 1.29 is 9.53 Å². The van der Waals surface area contributed by atoms with Crippen LogP contribution in [0.25, 0.3) is 11.8 Å². The van der Waals surface area contributed by atoms with E-state index in [0.29, 0.717) is 13.2 Å². The second-order valence-electron chi connectivity index (χ2n) is 5.87. The molecule has 0 spiro atoms. The van der Waals surface area contributed by atoms with Crippen LogP contribution in [0.15, 0.2) is 48.8 Å². The van der Waals surface area contributed by atoms with Crippen molar-refractivity contribution in [2.75, 3.05) is 13.2 Å². The summed E-state index contributed by atoms with van der Waals surface area (Å²) in [5.41, 5.74) is 1.89. The third kappa shape index (κ3) is 3.68. The highest BCUT2D eigenvalue weighted by atomic mass is 16.5. The van der Waals surface area contributed by atoms with E-state index in [1.165, 1.54) is 0 Å². The number of nitrogens with zero attached hydrogens (tertiary/aromatic N) is 3. The third-order valence-electron chi connectivity index (χ3n) is 3.93. The highest BCUT2D eigenvalue weighted by molar-refractivity contribution is 5.92. The lowest BCUT2D eigenvalue weighted by molar-refractivity contribution is -0.137. The van der Waals surface area contributed by atoms with Gasteiger partial charge in [-0.25, -0.2) is 4.68 Å². The molecule has 1 saturated heterocycles. The molecule has 1 aliphatic heterocycles. The molecular formula is C18H21N3O2. The normalized spacial score (nSPS) is 21.7. The smallest absolute Gasteiger partial charge is 0.246 e. The molecule has 120 valence electrons. The van der Waals surface area contributed by atoms with Crippen LogP contribution in [0.2, 0.25) is 0 Å². The summed E-state index contributed by atoms with van der Waals surface area (Å²) >= 11 is 0. The van der Waals surface area contributed by atoms with E-state index in [2.05, 4.69) is 5.10 Å². The van der Waals surface area contributed by atoms with Crippen LogP contribution in [0.4, 0.5) is 0 Å². The van der Waals surface area contributed by atoms with Gasteiger partial charge in [-0.1, -0.05) is 18.2 Å². The van der Waals surface area contributed by atoms with Gasteiger partial charge in [-0.05, 0) is 32.1 Å². The van der Waals surface area contributed by atoms with E-state index in [4.69, 9.17) is 4.74 Å². The summed E-state index contributed by atoms with van der Waals surface area (Å²) < 4.78 is 7.35.